The van der Waals surface area contributed by atoms with Crippen LogP contribution >= 0.6 is 0 Å². The van der Waals surface area contributed by atoms with E-state index in [2.05, 4.69) is 161 Å². The Labute approximate surface area is 513 Å². The maximum atomic E-state index is 9.03. The van der Waals surface area contributed by atoms with Crippen LogP contribution in [0.4, 0.5) is 11.4 Å². The van der Waals surface area contributed by atoms with Crippen LogP contribution in [0.3, 0.4) is 0 Å². The number of aromatic nitrogens is 10. The van der Waals surface area contributed by atoms with Gasteiger partial charge in [0, 0.05) is 74.1 Å². The molecule has 0 aliphatic carbocycles. The number of imidazole rings is 2. The summed E-state index contributed by atoms with van der Waals surface area (Å²) < 4.78 is 15.2. The molecule has 0 atom stereocenters. The highest BCUT2D eigenvalue weighted by Crippen LogP contribution is 2.38. The quantitative estimate of drug-likeness (QED) is 0.0389. The number of hydrogen-bond donors (Lipinski definition) is 6. The fraction of sp³-hybridized carbons (Fsp3) is 0.235. The van der Waals surface area contributed by atoms with Gasteiger partial charge in [0.1, 0.15) is 0 Å². The van der Waals surface area contributed by atoms with Crippen LogP contribution in [0.2, 0.25) is 0 Å². The minimum absolute atomic E-state index is 0.452. The highest BCUT2D eigenvalue weighted by Gasteiger charge is 2.20. The number of fused-ring (bicyclic) bond motifs is 2. The molecule has 20 heteroatoms. The van der Waals surface area contributed by atoms with Crippen LogP contribution in [0.1, 0.15) is 68.5 Å². The first kappa shape index (κ1) is 62.9. The van der Waals surface area contributed by atoms with Crippen LogP contribution in [0.5, 0.6) is 0 Å². The van der Waals surface area contributed by atoms with Crippen molar-refractivity contribution in [3.05, 3.63) is 215 Å². The summed E-state index contributed by atoms with van der Waals surface area (Å²) in [5.41, 5.74) is 22.7. The Hall–Kier alpha value is -9.59. The lowest BCUT2D eigenvalue weighted by Gasteiger charge is -2.16. The van der Waals surface area contributed by atoms with Crippen LogP contribution < -0.4 is 21.6 Å². The van der Waals surface area contributed by atoms with Crippen molar-refractivity contribution in [2.75, 3.05) is 23.7 Å². The van der Waals surface area contributed by atoms with Crippen LogP contribution in [0, 0.1) is 69.2 Å². The second kappa shape index (κ2) is 29.2. The molecule has 6 aromatic carbocycles. The summed E-state index contributed by atoms with van der Waals surface area (Å²) in [6, 6.07) is 33.2. The second-order valence-electron chi connectivity index (χ2n) is 22.2. The molecule has 0 spiro atoms. The van der Waals surface area contributed by atoms with Gasteiger partial charge in [-0.05, 0) is 156 Å². The molecule has 6 N–H and O–H groups in total. The third-order valence-corrected chi connectivity index (χ3v) is 15.2. The van der Waals surface area contributed by atoms with E-state index in [1.807, 2.05) is 83.9 Å². The highest BCUT2D eigenvalue weighted by atomic mass is 16.4. The third kappa shape index (κ3) is 15.7. The van der Waals surface area contributed by atoms with Gasteiger partial charge in [-0.3, -0.25) is 9.97 Å². The Bertz CT molecular complexity index is 4210. The number of rotatable bonds is 16. The molecule has 6 heterocycles. The maximum Gasteiger partial charge on any atom is 0.488 e. The molecule has 0 saturated carbocycles. The van der Waals surface area contributed by atoms with Crippen molar-refractivity contribution in [3.8, 4) is 45.2 Å². The molecule has 0 amide bonds. The third-order valence-electron chi connectivity index (χ3n) is 15.2. The summed E-state index contributed by atoms with van der Waals surface area (Å²) >= 11 is 0. The molecule has 6 aromatic heterocycles. The number of benzene rings is 6. The first-order chi connectivity index (χ1) is 42.4. The van der Waals surface area contributed by atoms with E-state index in [4.69, 9.17) is 28.9 Å². The van der Waals surface area contributed by atoms with Crippen molar-refractivity contribution in [3.63, 3.8) is 0 Å². The second-order valence-corrected chi connectivity index (χ2v) is 22.2. The zero-order valence-electron chi connectivity index (χ0n) is 51.5. The first-order valence-corrected chi connectivity index (χ1v) is 29.2. The molecule has 88 heavy (non-hydrogen) atoms. The molecule has 18 nitrogen and oxygen atoms in total. The Morgan fingerprint density at radius 3 is 1.38 bits per heavy atom. The van der Waals surface area contributed by atoms with Crippen LogP contribution in [-0.2, 0) is 13.1 Å². The Kier molecular flexibility index (Phi) is 20.9. The Balaban J connectivity index is 0.000000155. The van der Waals surface area contributed by atoms with Gasteiger partial charge in [0.2, 0.25) is 12.8 Å². The van der Waals surface area contributed by atoms with Gasteiger partial charge in [0.25, 0.3) is 11.8 Å². The van der Waals surface area contributed by atoms with Gasteiger partial charge >= 0.3 is 14.2 Å². The standard InChI is InChI=1S/C26H26N6O.C25H24N6O.C9H13BO2.C8H11BO2/c1-17-11-18(2)24(19(3)12-17)20-5-6-23-21(13-20)25(22(14-29-23)26-31-30-16-33-26)28-7-4-9-32-10-8-27-15-32;1-17-4-6-20(18(2)12-17)19-5-7-23-21(13-19)24(22(14-28-23)25-30-29-16-32-25)27-8-3-10-31-11-9-26-15-31;1-6-4-7(2)9(10(11)12)8(3)5-6;1-6-3-4-8(9(10)11)7(2)5-6/h5-6,8,10-16H,4,7,9H2,1-3H3,(H,28,29);4-7,9,11-16H,3,8,10H2,1-2H3,(H,27,28);4-5,11-12H,1-3H3;3-5,10-11H,1-2H3. The van der Waals surface area contributed by atoms with Crippen LogP contribution in [0.15, 0.2) is 169 Å². The normalized spacial score (nSPS) is 10.9. The molecule has 0 aliphatic heterocycles. The summed E-state index contributed by atoms with van der Waals surface area (Å²) in [7, 11) is -2.71. The number of pyridine rings is 2. The molecule has 0 fully saturated rings. The molecule has 0 bridgehead atoms. The fourth-order valence-electron chi connectivity index (χ4n) is 11.3. The summed E-state index contributed by atoms with van der Waals surface area (Å²) in [5, 5.41) is 61.0. The lowest BCUT2D eigenvalue weighted by molar-refractivity contribution is 0.424. The monoisotopic (exact) mass is 1180 g/mol. The average Bonchev–Trinajstić information content (AvgIpc) is 2.16. The molecular formula is C68H74B2N12O6. The average molecular weight is 1180 g/mol. The molecular weight excluding hydrogens is 1100 g/mol. The van der Waals surface area contributed by atoms with E-state index in [9.17, 15) is 0 Å². The predicted molar refractivity (Wildman–Crippen MR) is 352 cm³/mol. The van der Waals surface area contributed by atoms with E-state index in [0.717, 1.165) is 117 Å². The summed E-state index contributed by atoms with van der Waals surface area (Å²) in [6.45, 7) is 23.7. The predicted octanol–water partition coefficient (Wildman–Crippen LogP) is 11.1. The van der Waals surface area contributed by atoms with E-state index >= 15 is 0 Å². The summed E-state index contributed by atoms with van der Waals surface area (Å²) in [4.78, 5) is 17.6. The van der Waals surface area contributed by atoms with Crippen molar-refractivity contribution < 1.29 is 28.9 Å². The smallest absolute Gasteiger partial charge is 0.423 e. The van der Waals surface area contributed by atoms with Gasteiger partial charge in [-0.1, -0.05) is 112 Å². The van der Waals surface area contributed by atoms with Crippen molar-refractivity contribution in [1.82, 2.24) is 49.5 Å². The van der Waals surface area contributed by atoms with Gasteiger partial charge < -0.3 is 48.7 Å². The minimum Gasteiger partial charge on any atom is -0.423 e. The number of anilines is 2. The van der Waals surface area contributed by atoms with E-state index in [1.54, 1.807) is 30.9 Å². The van der Waals surface area contributed by atoms with Crippen molar-refractivity contribution in [2.45, 2.75) is 95.2 Å². The Morgan fingerprint density at radius 2 is 0.932 bits per heavy atom. The topological polar surface area (TPSA) is 244 Å². The van der Waals surface area contributed by atoms with E-state index in [0.29, 0.717) is 22.7 Å². The zero-order valence-corrected chi connectivity index (χ0v) is 51.5. The zero-order chi connectivity index (χ0) is 62.4. The largest absolute Gasteiger partial charge is 0.488 e. The molecule has 0 unspecified atom stereocenters. The highest BCUT2D eigenvalue weighted by molar-refractivity contribution is 6.60. The number of aryl methyl sites for hydroxylation is 12. The van der Waals surface area contributed by atoms with E-state index in [1.165, 1.54) is 57.3 Å². The number of nitrogens with one attached hydrogen (secondary N) is 2. The van der Waals surface area contributed by atoms with E-state index in [-0.39, 0.29) is 0 Å². The van der Waals surface area contributed by atoms with E-state index < -0.39 is 14.2 Å². The summed E-state index contributed by atoms with van der Waals surface area (Å²) in [5.74, 6) is 0.906. The van der Waals surface area contributed by atoms with Crippen molar-refractivity contribution >= 4 is 58.3 Å². The lowest BCUT2D eigenvalue weighted by atomic mass is 9.74. The maximum absolute atomic E-state index is 9.03. The fourth-order valence-corrected chi connectivity index (χ4v) is 11.3. The molecule has 0 saturated heterocycles. The summed E-state index contributed by atoms with van der Waals surface area (Å²) in [6.07, 6.45) is 19.4. The molecule has 12 aromatic rings. The molecule has 0 radical (unpaired) electrons. The van der Waals surface area contributed by atoms with Gasteiger partial charge in [0.15, 0.2) is 0 Å². The van der Waals surface area contributed by atoms with Crippen molar-refractivity contribution in [2.24, 2.45) is 0 Å². The Morgan fingerprint density at radius 1 is 0.466 bits per heavy atom. The van der Waals surface area contributed by atoms with Crippen LogP contribution in [0.25, 0.3) is 67.0 Å². The molecule has 12 rings (SSSR count). The lowest BCUT2D eigenvalue weighted by Crippen LogP contribution is -2.34. The first-order valence-electron chi connectivity index (χ1n) is 29.2. The molecule has 448 valence electrons. The van der Waals surface area contributed by atoms with Gasteiger partial charge in [-0.2, -0.15) is 0 Å². The van der Waals surface area contributed by atoms with Crippen molar-refractivity contribution in [1.29, 1.82) is 0 Å². The van der Waals surface area contributed by atoms with Gasteiger partial charge in [-0.15, -0.1) is 20.4 Å². The molecule has 0 aliphatic rings. The minimum atomic E-state index is -1.36. The number of nitrogens with zero attached hydrogens (tertiary/aromatic N) is 10. The van der Waals surface area contributed by atoms with Gasteiger partial charge in [-0.25, -0.2) is 9.97 Å². The number of hydrogen-bond acceptors (Lipinski definition) is 16. The SMILES string of the molecule is Cc1cc(C)c(-c2ccc3ncc(-c4nnco4)c(NCCCn4ccnc4)c3c2)c(C)c1.Cc1cc(C)c(B(O)O)c(C)c1.Cc1ccc(-c2ccc3ncc(-c4nnco4)c(NCCCn4ccnc4)c3c2)c(C)c1.Cc1ccc(B(O)O)c(C)c1. The van der Waals surface area contributed by atoms with Gasteiger partial charge in [0.05, 0.1) is 46.2 Å². The van der Waals surface area contributed by atoms with Crippen LogP contribution in [-0.4, -0.2) is 96.9 Å².